The van der Waals surface area contributed by atoms with Crippen LogP contribution >= 0.6 is 0 Å². The van der Waals surface area contributed by atoms with Crippen LogP contribution < -0.4 is 10.2 Å². The average molecular weight is 305 g/mol. The van der Waals surface area contributed by atoms with Crippen LogP contribution in [0.1, 0.15) is 12.5 Å². The van der Waals surface area contributed by atoms with Gasteiger partial charge in [-0.2, -0.15) is 13.2 Å². The standard InChI is InChI=1S/C12H14F3N3O3/c1-11(6-19)5-17(7-16-11)8-2-3-10(18(20)21)9(4-8)12(13,14)15/h2-4,16,19H,5-7H2,1H3. The Kier molecular flexibility index (Phi) is 3.81. The van der Waals surface area contributed by atoms with Gasteiger partial charge in [-0.15, -0.1) is 0 Å². The Morgan fingerprint density at radius 2 is 2.19 bits per heavy atom. The number of rotatable bonds is 3. The van der Waals surface area contributed by atoms with Gasteiger partial charge in [0.1, 0.15) is 5.56 Å². The zero-order valence-electron chi connectivity index (χ0n) is 11.1. The zero-order chi connectivity index (χ0) is 15.8. The Morgan fingerprint density at radius 3 is 2.67 bits per heavy atom. The first-order valence-corrected chi connectivity index (χ1v) is 6.13. The number of nitrogens with zero attached hydrogens (tertiary/aromatic N) is 2. The molecule has 0 amide bonds. The molecular weight excluding hydrogens is 291 g/mol. The van der Waals surface area contributed by atoms with Crippen molar-refractivity contribution in [2.24, 2.45) is 0 Å². The SMILES string of the molecule is CC1(CO)CN(c2ccc([N+](=O)[O-])c(C(F)(F)F)c2)CN1. The van der Waals surface area contributed by atoms with E-state index in [1.807, 2.05) is 0 Å². The Balaban J connectivity index is 2.37. The zero-order valence-corrected chi connectivity index (χ0v) is 11.1. The molecule has 21 heavy (non-hydrogen) atoms. The molecule has 1 atom stereocenters. The molecule has 0 spiro atoms. The molecule has 0 saturated carbocycles. The van der Waals surface area contributed by atoms with Crippen LogP contribution in [-0.4, -0.2) is 35.4 Å². The molecule has 2 N–H and O–H groups in total. The number of benzene rings is 1. The van der Waals surface area contributed by atoms with E-state index in [9.17, 15) is 28.4 Å². The van der Waals surface area contributed by atoms with E-state index >= 15 is 0 Å². The van der Waals surface area contributed by atoms with Gasteiger partial charge in [-0.3, -0.25) is 15.4 Å². The van der Waals surface area contributed by atoms with Gasteiger partial charge in [0.25, 0.3) is 5.69 Å². The molecular formula is C12H14F3N3O3. The van der Waals surface area contributed by atoms with Crippen LogP contribution in [0.4, 0.5) is 24.5 Å². The highest BCUT2D eigenvalue weighted by Crippen LogP contribution is 2.38. The molecule has 6 nitrogen and oxygen atoms in total. The van der Waals surface area contributed by atoms with Crippen molar-refractivity contribution in [1.29, 1.82) is 0 Å². The highest BCUT2D eigenvalue weighted by molar-refractivity contribution is 5.57. The van der Waals surface area contributed by atoms with Gasteiger partial charge in [0.15, 0.2) is 0 Å². The molecule has 1 fully saturated rings. The Labute approximate surface area is 118 Å². The van der Waals surface area contributed by atoms with Crippen molar-refractivity contribution in [2.45, 2.75) is 18.6 Å². The summed E-state index contributed by atoms with van der Waals surface area (Å²) in [6.45, 7) is 2.14. The number of anilines is 1. The summed E-state index contributed by atoms with van der Waals surface area (Å²) >= 11 is 0. The van der Waals surface area contributed by atoms with E-state index in [0.717, 1.165) is 12.1 Å². The van der Waals surface area contributed by atoms with Gasteiger partial charge >= 0.3 is 6.18 Å². The molecule has 2 rings (SSSR count). The fraction of sp³-hybridized carbons (Fsp3) is 0.500. The van der Waals surface area contributed by atoms with Crippen molar-refractivity contribution < 1.29 is 23.2 Å². The predicted molar refractivity (Wildman–Crippen MR) is 68.9 cm³/mol. The van der Waals surface area contributed by atoms with Crippen LogP contribution in [-0.2, 0) is 6.18 Å². The van der Waals surface area contributed by atoms with E-state index in [-0.39, 0.29) is 19.0 Å². The smallest absolute Gasteiger partial charge is 0.394 e. The fourth-order valence-electron chi connectivity index (χ4n) is 2.21. The lowest BCUT2D eigenvalue weighted by Crippen LogP contribution is -2.42. The normalized spacial score (nSPS) is 22.6. The van der Waals surface area contributed by atoms with E-state index in [0.29, 0.717) is 6.54 Å². The summed E-state index contributed by atoms with van der Waals surface area (Å²) in [5.74, 6) is 0. The summed E-state index contributed by atoms with van der Waals surface area (Å²) in [5, 5.41) is 22.9. The molecule has 1 unspecified atom stereocenters. The number of hydrogen-bond acceptors (Lipinski definition) is 5. The van der Waals surface area contributed by atoms with Crippen LogP contribution in [0.25, 0.3) is 0 Å². The van der Waals surface area contributed by atoms with E-state index in [4.69, 9.17) is 0 Å². The van der Waals surface area contributed by atoms with Gasteiger partial charge in [0.2, 0.25) is 0 Å². The molecule has 1 heterocycles. The maximum atomic E-state index is 12.9. The van der Waals surface area contributed by atoms with Crippen molar-refractivity contribution >= 4 is 11.4 Å². The van der Waals surface area contributed by atoms with Crippen molar-refractivity contribution in [3.05, 3.63) is 33.9 Å². The summed E-state index contributed by atoms with van der Waals surface area (Å²) in [6, 6.07) is 2.90. The molecule has 0 bridgehead atoms. The van der Waals surface area contributed by atoms with Crippen LogP contribution in [0.3, 0.4) is 0 Å². The molecule has 1 aliphatic heterocycles. The molecule has 9 heteroatoms. The summed E-state index contributed by atoms with van der Waals surface area (Å²) < 4.78 is 38.7. The van der Waals surface area contributed by atoms with E-state index in [1.165, 1.54) is 6.07 Å². The summed E-state index contributed by atoms with van der Waals surface area (Å²) in [6.07, 6.45) is -4.80. The minimum absolute atomic E-state index is 0.164. The number of nitro benzene ring substituents is 1. The first kappa shape index (κ1) is 15.5. The first-order chi connectivity index (χ1) is 9.66. The fourth-order valence-corrected chi connectivity index (χ4v) is 2.21. The third-order valence-electron chi connectivity index (χ3n) is 3.43. The topological polar surface area (TPSA) is 78.6 Å². The van der Waals surface area contributed by atoms with Crippen molar-refractivity contribution in [2.75, 3.05) is 24.7 Å². The average Bonchev–Trinajstić information content (AvgIpc) is 2.80. The minimum Gasteiger partial charge on any atom is -0.394 e. The highest BCUT2D eigenvalue weighted by atomic mass is 19.4. The number of hydrogen-bond donors (Lipinski definition) is 2. The maximum Gasteiger partial charge on any atom is 0.423 e. The third-order valence-corrected chi connectivity index (χ3v) is 3.43. The minimum atomic E-state index is -4.80. The lowest BCUT2D eigenvalue weighted by molar-refractivity contribution is -0.388. The maximum absolute atomic E-state index is 12.9. The van der Waals surface area contributed by atoms with Crippen molar-refractivity contribution in [1.82, 2.24) is 5.32 Å². The number of aliphatic hydroxyl groups excluding tert-OH is 1. The molecule has 1 aromatic carbocycles. The van der Waals surface area contributed by atoms with Gasteiger partial charge in [-0.25, -0.2) is 0 Å². The van der Waals surface area contributed by atoms with Gasteiger partial charge in [0.05, 0.1) is 23.7 Å². The quantitative estimate of drug-likeness (QED) is 0.657. The van der Waals surface area contributed by atoms with Crippen LogP contribution in [0.5, 0.6) is 0 Å². The second-order valence-electron chi connectivity index (χ2n) is 5.21. The molecule has 1 saturated heterocycles. The van der Waals surface area contributed by atoms with E-state index in [2.05, 4.69) is 5.32 Å². The predicted octanol–water partition coefficient (Wildman–Crippen LogP) is 1.73. The molecule has 0 aromatic heterocycles. The second kappa shape index (κ2) is 5.15. The Bertz CT molecular complexity index is 564. The van der Waals surface area contributed by atoms with Gasteiger partial charge in [0, 0.05) is 18.3 Å². The molecule has 1 aromatic rings. The highest BCUT2D eigenvalue weighted by Gasteiger charge is 2.40. The van der Waals surface area contributed by atoms with E-state index in [1.54, 1.807) is 11.8 Å². The van der Waals surface area contributed by atoms with Gasteiger partial charge < -0.3 is 10.0 Å². The lowest BCUT2D eigenvalue weighted by atomic mass is 10.1. The van der Waals surface area contributed by atoms with E-state index < -0.39 is 27.9 Å². The summed E-state index contributed by atoms with van der Waals surface area (Å²) in [7, 11) is 0. The third kappa shape index (κ3) is 3.08. The number of aliphatic hydroxyl groups is 1. The lowest BCUT2D eigenvalue weighted by Gasteiger charge is -2.22. The molecule has 116 valence electrons. The molecule has 1 aliphatic rings. The van der Waals surface area contributed by atoms with Crippen LogP contribution in [0.2, 0.25) is 0 Å². The largest absolute Gasteiger partial charge is 0.423 e. The second-order valence-corrected chi connectivity index (χ2v) is 5.21. The Hall–Kier alpha value is -1.87. The van der Waals surface area contributed by atoms with Crippen molar-refractivity contribution in [3.63, 3.8) is 0 Å². The molecule has 0 aliphatic carbocycles. The summed E-state index contributed by atoms with van der Waals surface area (Å²) in [5.41, 5.74) is -2.64. The first-order valence-electron chi connectivity index (χ1n) is 6.13. The number of alkyl halides is 3. The summed E-state index contributed by atoms with van der Waals surface area (Å²) in [4.78, 5) is 11.2. The van der Waals surface area contributed by atoms with Gasteiger partial charge in [-0.1, -0.05) is 0 Å². The Morgan fingerprint density at radius 1 is 1.52 bits per heavy atom. The van der Waals surface area contributed by atoms with Crippen molar-refractivity contribution in [3.8, 4) is 0 Å². The number of nitro groups is 1. The number of halogens is 3. The monoisotopic (exact) mass is 305 g/mol. The molecule has 0 radical (unpaired) electrons. The van der Waals surface area contributed by atoms with Crippen LogP contribution in [0.15, 0.2) is 18.2 Å². The number of nitrogens with one attached hydrogen (secondary N) is 1. The van der Waals surface area contributed by atoms with Crippen LogP contribution in [0, 0.1) is 10.1 Å². The van der Waals surface area contributed by atoms with Gasteiger partial charge in [-0.05, 0) is 19.1 Å².